The van der Waals surface area contributed by atoms with E-state index in [4.69, 9.17) is 0 Å². The Morgan fingerprint density at radius 3 is 3.00 bits per heavy atom. The van der Waals surface area contributed by atoms with Crippen molar-refractivity contribution < 1.29 is 9.72 Å². The molecule has 2 unspecified atom stereocenters. The van der Waals surface area contributed by atoms with Crippen LogP contribution in [0, 0.1) is 10.1 Å². The summed E-state index contributed by atoms with van der Waals surface area (Å²) in [4.78, 5) is 24.6. The van der Waals surface area contributed by atoms with Crippen molar-refractivity contribution in [3.05, 3.63) is 22.5 Å². The maximum absolute atomic E-state index is 12.4. The van der Waals surface area contributed by atoms with Gasteiger partial charge >= 0.3 is 5.69 Å². The number of aryl methyl sites for hydroxylation is 1. The second-order valence-electron chi connectivity index (χ2n) is 5.65. The fourth-order valence-corrected chi connectivity index (χ4v) is 3.30. The number of carbonyl (C=O) groups is 1. The van der Waals surface area contributed by atoms with E-state index in [1.165, 1.54) is 17.1 Å². The van der Waals surface area contributed by atoms with Crippen LogP contribution in [0.5, 0.6) is 0 Å². The second-order valence-corrected chi connectivity index (χ2v) is 5.65. The first-order valence-electron chi connectivity index (χ1n) is 7.34. The van der Waals surface area contributed by atoms with Gasteiger partial charge in [0.1, 0.15) is 12.4 Å². The molecule has 2 saturated heterocycles. The van der Waals surface area contributed by atoms with E-state index in [0.717, 1.165) is 32.4 Å². The van der Waals surface area contributed by atoms with Crippen molar-refractivity contribution in [1.82, 2.24) is 20.0 Å². The minimum atomic E-state index is -0.480. The number of carbonyl (C=O) groups excluding carboxylic acids is 1. The van der Waals surface area contributed by atoms with Gasteiger partial charge in [-0.1, -0.05) is 0 Å². The molecule has 2 bridgehead atoms. The molecular formula is C13H19N5O3. The molecule has 1 aromatic rings. The van der Waals surface area contributed by atoms with E-state index < -0.39 is 4.92 Å². The van der Waals surface area contributed by atoms with Crippen molar-refractivity contribution in [2.75, 3.05) is 13.1 Å². The molecule has 8 heteroatoms. The number of nitro groups is 1. The summed E-state index contributed by atoms with van der Waals surface area (Å²) in [6, 6.07) is 0.654. The quantitative estimate of drug-likeness (QED) is 0.646. The van der Waals surface area contributed by atoms with Crippen LogP contribution in [0.4, 0.5) is 5.69 Å². The zero-order valence-electron chi connectivity index (χ0n) is 11.8. The Morgan fingerprint density at radius 1 is 1.43 bits per heavy atom. The van der Waals surface area contributed by atoms with Crippen LogP contribution in [0.2, 0.25) is 0 Å². The standard InChI is InChI=1S/C13H19N5O3/c19-13(4-6-16-9-12(8-15-16)18(20)21)17-10-1-2-11(17)7-14-5-3-10/h8-11,14H,1-7H2. The van der Waals surface area contributed by atoms with Crippen LogP contribution < -0.4 is 5.32 Å². The smallest absolute Gasteiger partial charge is 0.306 e. The predicted octanol–water partition coefficient (Wildman–Crippen LogP) is 0.534. The third kappa shape index (κ3) is 2.90. The van der Waals surface area contributed by atoms with E-state index in [2.05, 4.69) is 10.4 Å². The van der Waals surface area contributed by atoms with Crippen LogP contribution in [0.1, 0.15) is 25.7 Å². The highest BCUT2D eigenvalue weighted by molar-refractivity contribution is 5.77. The van der Waals surface area contributed by atoms with E-state index in [1.807, 2.05) is 4.90 Å². The fourth-order valence-electron chi connectivity index (χ4n) is 3.30. The molecule has 1 N–H and O–H groups in total. The van der Waals surface area contributed by atoms with Gasteiger partial charge in [-0.25, -0.2) is 0 Å². The highest BCUT2D eigenvalue weighted by Crippen LogP contribution is 2.28. The predicted molar refractivity (Wildman–Crippen MR) is 74.6 cm³/mol. The third-order valence-electron chi connectivity index (χ3n) is 4.33. The molecule has 0 aromatic carbocycles. The van der Waals surface area contributed by atoms with Gasteiger partial charge in [-0.15, -0.1) is 0 Å². The third-order valence-corrected chi connectivity index (χ3v) is 4.33. The summed E-state index contributed by atoms with van der Waals surface area (Å²) in [5.41, 5.74) is -0.0403. The first-order chi connectivity index (χ1) is 10.1. The molecule has 0 spiro atoms. The van der Waals surface area contributed by atoms with Crippen LogP contribution in [0.25, 0.3) is 0 Å². The summed E-state index contributed by atoms with van der Waals surface area (Å²) in [7, 11) is 0. The average molecular weight is 293 g/mol. The second kappa shape index (κ2) is 5.80. The number of nitrogens with one attached hydrogen (secondary N) is 1. The number of fused-ring (bicyclic) bond motifs is 2. The Hall–Kier alpha value is -1.96. The lowest BCUT2D eigenvalue weighted by atomic mass is 10.1. The Kier molecular flexibility index (Phi) is 3.87. The topological polar surface area (TPSA) is 93.3 Å². The van der Waals surface area contributed by atoms with Gasteiger partial charge in [0.15, 0.2) is 0 Å². The van der Waals surface area contributed by atoms with Crippen molar-refractivity contribution >= 4 is 11.6 Å². The first kappa shape index (κ1) is 14.0. The zero-order chi connectivity index (χ0) is 14.8. The van der Waals surface area contributed by atoms with Crippen molar-refractivity contribution in [3.63, 3.8) is 0 Å². The zero-order valence-corrected chi connectivity index (χ0v) is 11.8. The van der Waals surface area contributed by atoms with Crippen molar-refractivity contribution in [1.29, 1.82) is 0 Å². The number of hydrogen-bond acceptors (Lipinski definition) is 5. The van der Waals surface area contributed by atoms with Crippen LogP contribution in [-0.2, 0) is 11.3 Å². The van der Waals surface area contributed by atoms with Gasteiger partial charge in [0, 0.05) is 31.6 Å². The number of rotatable bonds is 4. The molecule has 3 heterocycles. The van der Waals surface area contributed by atoms with Gasteiger partial charge in [0.05, 0.1) is 4.92 Å². The van der Waals surface area contributed by atoms with Gasteiger partial charge in [0.2, 0.25) is 5.91 Å². The van der Waals surface area contributed by atoms with Gasteiger partial charge in [-0.2, -0.15) is 5.10 Å². The Labute approximate surface area is 122 Å². The minimum absolute atomic E-state index is 0.0403. The van der Waals surface area contributed by atoms with E-state index >= 15 is 0 Å². The fraction of sp³-hybridized carbons (Fsp3) is 0.692. The molecular weight excluding hydrogens is 274 g/mol. The molecule has 2 aliphatic rings. The Morgan fingerprint density at radius 2 is 2.24 bits per heavy atom. The molecule has 2 atom stereocenters. The van der Waals surface area contributed by atoms with E-state index in [-0.39, 0.29) is 11.6 Å². The lowest BCUT2D eigenvalue weighted by Gasteiger charge is -2.27. The number of nitrogens with zero attached hydrogens (tertiary/aromatic N) is 4. The molecule has 1 amide bonds. The normalized spacial score (nSPS) is 24.9. The van der Waals surface area contributed by atoms with E-state index in [0.29, 0.717) is 25.0 Å². The maximum Gasteiger partial charge on any atom is 0.306 e. The Bertz CT molecular complexity index is 530. The van der Waals surface area contributed by atoms with Crippen molar-refractivity contribution in [3.8, 4) is 0 Å². The number of aromatic nitrogens is 2. The molecule has 21 heavy (non-hydrogen) atoms. The summed E-state index contributed by atoms with van der Waals surface area (Å²) in [6.45, 7) is 2.22. The van der Waals surface area contributed by atoms with E-state index in [1.54, 1.807) is 0 Å². The molecule has 114 valence electrons. The lowest BCUT2D eigenvalue weighted by molar-refractivity contribution is -0.385. The SMILES string of the molecule is O=C(CCn1cc([N+](=O)[O-])cn1)N1C2CCNCC1CC2. The van der Waals surface area contributed by atoms with Crippen LogP contribution in [0.15, 0.2) is 12.4 Å². The van der Waals surface area contributed by atoms with Crippen LogP contribution in [0.3, 0.4) is 0 Å². The summed E-state index contributed by atoms with van der Waals surface area (Å²) in [5, 5.41) is 17.9. The van der Waals surface area contributed by atoms with Crippen molar-refractivity contribution in [2.24, 2.45) is 0 Å². The monoisotopic (exact) mass is 293 g/mol. The number of amides is 1. The highest BCUT2D eigenvalue weighted by Gasteiger charge is 2.37. The summed E-state index contributed by atoms with van der Waals surface area (Å²) in [6.07, 6.45) is 6.08. The molecule has 1 aromatic heterocycles. The molecule has 2 aliphatic heterocycles. The first-order valence-corrected chi connectivity index (χ1v) is 7.34. The molecule has 0 saturated carbocycles. The summed E-state index contributed by atoms with van der Waals surface area (Å²) < 4.78 is 1.47. The molecule has 0 radical (unpaired) electrons. The minimum Gasteiger partial charge on any atom is -0.335 e. The number of hydrogen-bond donors (Lipinski definition) is 1. The maximum atomic E-state index is 12.4. The molecule has 0 aliphatic carbocycles. The molecule has 8 nitrogen and oxygen atoms in total. The average Bonchev–Trinajstić information content (AvgIpc) is 3.00. The highest BCUT2D eigenvalue weighted by atomic mass is 16.6. The Balaban J connectivity index is 1.59. The van der Waals surface area contributed by atoms with Crippen LogP contribution >= 0.6 is 0 Å². The van der Waals surface area contributed by atoms with Crippen molar-refractivity contribution in [2.45, 2.75) is 44.3 Å². The summed E-state index contributed by atoms with van der Waals surface area (Å²) >= 11 is 0. The van der Waals surface area contributed by atoms with Gasteiger partial charge < -0.3 is 10.2 Å². The van der Waals surface area contributed by atoms with E-state index in [9.17, 15) is 14.9 Å². The van der Waals surface area contributed by atoms with Gasteiger partial charge in [-0.3, -0.25) is 19.6 Å². The lowest BCUT2D eigenvalue weighted by Crippen LogP contribution is -2.42. The van der Waals surface area contributed by atoms with Gasteiger partial charge in [-0.05, 0) is 25.8 Å². The molecule has 3 rings (SSSR count). The largest absolute Gasteiger partial charge is 0.335 e. The molecule has 2 fully saturated rings. The van der Waals surface area contributed by atoms with Gasteiger partial charge in [0.25, 0.3) is 0 Å². The summed E-state index contributed by atoms with van der Waals surface area (Å²) in [5.74, 6) is 0.129. The van der Waals surface area contributed by atoms with Crippen LogP contribution in [-0.4, -0.2) is 50.7 Å².